The number of H-pyrrole nitrogens is 1. The zero-order valence-corrected chi connectivity index (χ0v) is 12.0. The number of methoxy groups -OCH3 is 1. The van der Waals surface area contributed by atoms with Crippen LogP contribution in [-0.2, 0) is 4.74 Å². The molecular weight excluding hydrogens is 264 g/mol. The van der Waals surface area contributed by atoms with Gasteiger partial charge in [-0.05, 0) is 31.7 Å². The first-order chi connectivity index (χ1) is 8.95. The lowest BCUT2D eigenvalue weighted by molar-refractivity contribution is 0.0607. The van der Waals surface area contributed by atoms with Crippen LogP contribution < -0.4 is 5.56 Å². The van der Waals surface area contributed by atoms with Crippen LogP contribution in [0.5, 0.6) is 0 Å². The molecule has 0 aliphatic heterocycles. The summed E-state index contributed by atoms with van der Waals surface area (Å²) in [7, 11) is 1.34. The number of carbonyl (C=O) groups excluding carboxylic acids is 1. The minimum atomic E-state index is -0.410. The SMILES string of the molecule is COC(=O)c1scc(C)c1-c1nc(C)[nH]c(=O)c1C. The first-order valence-corrected chi connectivity index (χ1v) is 6.58. The van der Waals surface area contributed by atoms with Crippen LogP contribution in [0.1, 0.15) is 26.6 Å². The normalized spacial score (nSPS) is 10.5. The lowest BCUT2D eigenvalue weighted by Crippen LogP contribution is -2.15. The van der Waals surface area contributed by atoms with E-state index in [9.17, 15) is 9.59 Å². The molecule has 0 aromatic carbocycles. The van der Waals surface area contributed by atoms with E-state index in [0.717, 1.165) is 5.56 Å². The summed E-state index contributed by atoms with van der Waals surface area (Å²) >= 11 is 1.30. The van der Waals surface area contributed by atoms with Crippen LogP contribution in [0.4, 0.5) is 0 Å². The Labute approximate surface area is 114 Å². The fourth-order valence-corrected chi connectivity index (χ4v) is 2.84. The molecule has 2 aromatic heterocycles. The number of rotatable bonds is 2. The summed E-state index contributed by atoms with van der Waals surface area (Å²) in [5.41, 5.74) is 2.44. The van der Waals surface area contributed by atoms with E-state index in [-0.39, 0.29) is 5.56 Å². The van der Waals surface area contributed by atoms with E-state index in [4.69, 9.17) is 4.74 Å². The number of hydrogen-bond acceptors (Lipinski definition) is 5. The van der Waals surface area contributed by atoms with E-state index in [2.05, 4.69) is 9.97 Å². The maximum Gasteiger partial charge on any atom is 0.348 e. The van der Waals surface area contributed by atoms with Crippen LogP contribution in [0.2, 0.25) is 0 Å². The van der Waals surface area contributed by atoms with E-state index < -0.39 is 5.97 Å². The topological polar surface area (TPSA) is 72.0 Å². The van der Waals surface area contributed by atoms with Crippen molar-refractivity contribution < 1.29 is 9.53 Å². The summed E-state index contributed by atoms with van der Waals surface area (Å²) in [5.74, 6) is 0.110. The molecule has 0 spiro atoms. The average molecular weight is 278 g/mol. The van der Waals surface area contributed by atoms with Gasteiger partial charge in [0, 0.05) is 11.1 Å². The number of aryl methyl sites for hydroxylation is 2. The molecule has 19 heavy (non-hydrogen) atoms. The van der Waals surface area contributed by atoms with E-state index in [0.29, 0.717) is 27.5 Å². The molecule has 0 saturated carbocycles. The Balaban J connectivity index is 2.76. The molecule has 2 rings (SSSR count). The summed E-state index contributed by atoms with van der Waals surface area (Å²) in [6, 6.07) is 0. The van der Waals surface area contributed by atoms with Crippen molar-refractivity contribution in [2.75, 3.05) is 7.11 Å². The number of hydrogen-bond donors (Lipinski definition) is 1. The van der Waals surface area contributed by atoms with Crippen molar-refractivity contribution in [3.63, 3.8) is 0 Å². The van der Waals surface area contributed by atoms with Crippen molar-refractivity contribution in [1.82, 2.24) is 9.97 Å². The lowest BCUT2D eigenvalue weighted by Gasteiger charge is -2.07. The van der Waals surface area contributed by atoms with Crippen LogP contribution in [-0.4, -0.2) is 23.0 Å². The molecule has 2 heterocycles. The number of ether oxygens (including phenoxy) is 1. The van der Waals surface area contributed by atoms with Gasteiger partial charge < -0.3 is 9.72 Å². The van der Waals surface area contributed by atoms with Gasteiger partial charge in [-0.15, -0.1) is 11.3 Å². The standard InChI is InChI=1S/C13H14N2O3S/c1-6-5-19-11(13(17)18-4)9(6)10-7(2)12(16)15-8(3)14-10/h5H,1-4H3,(H,14,15,16). The highest BCUT2D eigenvalue weighted by Gasteiger charge is 2.21. The first-order valence-electron chi connectivity index (χ1n) is 5.70. The third-order valence-corrected chi connectivity index (χ3v) is 3.93. The van der Waals surface area contributed by atoms with Crippen molar-refractivity contribution >= 4 is 17.3 Å². The summed E-state index contributed by atoms with van der Waals surface area (Å²) in [4.78, 5) is 31.1. The van der Waals surface area contributed by atoms with Gasteiger partial charge in [0.1, 0.15) is 10.7 Å². The molecule has 0 saturated heterocycles. The van der Waals surface area contributed by atoms with Gasteiger partial charge in [-0.1, -0.05) is 0 Å². The average Bonchev–Trinajstić information content (AvgIpc) is 2.74. The number of esters is 1. The zero-order valence-electron chi connectivity index (χ0n) is 11.2. The van der Waals surface area contributed by atoms with Gasteiger partial charge in [-0.3, -0.25) is 4.79 Å². The van der Waals surface area contributed by atoms with Gasteiger partial charge in [-0.25, -0.2) is 9.78 Å². The van der Waals surface area contributed by atoms with Crippen molar-refractivity contribution in [3.05, 3.63) is 37.6 Å². The lowest BCUT2D eigenvalue weighted by atomic mass is 10.0. The maximum atomic E-state index is 11.8. The fraction of sp³-hybridized carbons (Fsp3) is 0.308. The highest BCUT2D eigenvalue weighted by Crippen LogP contribution is 2.32. The van der Waals surface area contributed by atoms with Crippen molar-refractivity contribution in [3.8, 4) is 11.3 Å². The highest BCUT2D eigenvalue weighted by molar-refractivity contribution is 7.12. The van der Waals surface area contributed by atoms with Crippen LogP contribution in [0.15, 0.2) is 10.2 Å². The minimum Gasteiger partial charge on any atom is -0.465 e. The molecule has 1 N–H and O–H groups in total. The summed E-state index contributed by atoms with van der Waals surface area (Å²) in [6.07, 6.45) is 0. The number of thiophene rings is 1. The number of nitrogens with zero attached hydrogens (tertiary/aromatic N) is 1. The predicted octanol–water partition coefficient (Wildman–Crippen LogP) is 2.21. The van der Waals surface area contributed by atoms with Gasteiger partial charge >= 0.3 is 5.97 Å². The highest BCUT2D eigenvalue weighted by atomic mass is 32.1. The van der Waals surface area contributed by atoms with Gasteiger partial charge in [0.05, 0.1) is 12.8 Å². The Hall–Kier alpha value is -1.95. The van der Waals surface area contributed by atoms with Crippen molar-refractivity contribution in [2.45, 2.75) is 20.8 Å². The van der Waals surface area contributed by atoms with E-state index in [1.807, 2.05) is 12.3 Å². The largest absolute Gasteiger partial charge is 0.465 e. The van der Waals surface area contributed by atoms with Crippen LogP contribution in [0, 0.1) is 20.8 Å². The Bertz CT molecular complexity index is 700. The number of carbonyl (C=O) groups is 1. The van der Waals surface area contributed by atoms with Crippen LogP contribution in [0.3, 0.4) is 0 Å². The number of nitrogens with one attached hydrogen (secondary N) is 1. The molecule has 0 radical (unpaired) electrons. The quantitative estimate of drug-likeness (QED) is 0.855. The van der Waals surface area contributed by atoms with Gasteiger partial charge in [0.25, 0.3) is 5.56 Å². The first kappa shape index (κ1) is 13.5. The molecule has 5 nitrogen and oxygen atoms in total. The number of aromatic nitrogens is 2. The molecule has 0 aliphatic carbocycles. The Kier molecular flexibility index (Phi) is 3.53. The second kappa shape index (κ2) is 4.97. The zero-order chi connectivity index (χ0) is 14.2. The molecule has 0 fully saturated rings. The molecule has 0 atom stereocenters. The molecule has 6 heteroatoms. The van der Waals surface area contributed by atoms with Gasteiger partial charge in [-0.2, -0.15) is 0 Å². The Morgan fingerprint density at radius 3 is 2.68 bits per heavy atom. The van der Waals surface area contributed by atoms with Gasteiger partial charge in [0.2, 0.25) is 0 Å². The fourth-order valence-electron chi connectivity index (χ4n) is 1.87. The molecular formula is C13H14N2O3S. The monoisotopic (exact) mass is 278 g/mol. The van der Waals surface area contributed by atoms with Crippen LogP contribution >= 0.6 is 11.3 Å². The third kappa shape index (κ3) is 2.31. The Morgan fingerprint density at radius 1 is 1.37 bits per heavy atom. The van der Waals surface area contributed by atoms with Crippen LogP contribution in [0.25, 0.3) is 11.3 Å². The van der Waals surface area contributed by atoms with Crippen molar-refractivity contribution in [2.24, 2.45) is 0 Å². The van der Waals surface area contributed by atoms with E-state index in [1.165, 1.54) is 18.4 Å². The van der Waals surface area contributed by atoms with Crippen molar-refractivity contribution in [1.29, 1.82) is 0 Å². The summed E-state index contributed by atoms with van der Waals surface area (Å²) in [5, 5.41) is 1.86. The summed E-state index contributed by atoms with van der Waals surface area (Å²) < 4.78 is 4.77. The van der Waals surface area contributed by atoms with Gasteiger partial charge in [0.15, 0.2) is 0 Å². The van der Waals surface area contributed by atoms with E-state index in [1.54, 1.807) is 13.8 Å². The van der Waals surface area contributed by atoms with E-state index >= 15 is 0 Å². The predicted molar refractivity (Wildman–Crippen MR) is 73.7 cm³/mol. The number of aromatic amines is 1. The third-order valence-electron chi connectivity index (χ3n) is 2.85. The summed E-state index contributed by atoms with van der Waals surface area (Å²) in [6.45, 7) is 5.29. The molecule has 2 aromatic rings. The molecule has 0 bridgehead atoms. The Morgan fingerprint density at radius 2 is 2.05 bits per heavy atom. The molecule has 0 aliphatic rings. The maximum absolute atomic E-state index is 11.8. The second-order valence-corrected chi connectivity index (χ2v) is 5.12. The molecule has 0 unspecified atom stereocenters. The minimum absolute atomic E-state index is 0.191. The smallest absolute Gasteiger partial charge is 0.348 e. The second-order valence-electron chi connectivity index (χ2n) is 4.24. The molecule has 0 amide bonds. The molecule has 100 valence electrons.